The lowest BCUT2D eigenvalue weighted by Crippen LogP contribution is -2.37. The normalized spacial score (nSPS) is 11.0. The van der Waals surface area contributed by atoms with Crippen LogP contribution >= 0.6 is 11.8 Å². The van der Waals surface area contributed by atoms with Crippen LogP contribution in [-0.2, 0) is 4.79 Å². The number of carbonyl (C=O) groups is 1. The highest BCUT2D eigenvalue weighted by Gasteiger charge is 2.04. The molecule has 0 atom stereocenters. The van der Waals surface area contributed by atoms with E-state index in [-0.39, 0.29) is 5.91 Å². The molecule has 0 aliphatic heterocycles. The second kappa shape index (κ2) is 8.11. The summed E-state index contributed by atoms with van der Waals surface area (Å²) in [6.45, 7) is 1.92. The van der Waals surface area contributed by atoms with Gasteiger partial charge in [-0.3, -0.25) is 15.6 Å². The molecule has 1 amide bonds. The van der Waals surface area contributed by atoms with Crippen LogP contribution in [0.15, 0.2) is 65.8 Å². The summed E-state index contributed by atoms with van der Waals surface area (Å²) in [5, 5.41) is 0.835. The number of hydrogen-bond acceptors (Lipinski definition) is 4. The van der Waals surface area contributed by atoms with Gasteiger partial charge < -0.3 is 0 Å². The number of hydrogen-bond donors (Lipinski definition) is 2. The van der Waals surface area contributed by atoms with Gasteiger partial charge in [-0.05, 0) is 24.6 Å². The Morgan fingerprint density at radius 1 is 1.14 bits per heavy atom. The Balaban J connectivity index is 1.81. The minimum absolute atomic E-state index is 0.0964. The fraction of sp³-hybridized carbons (Fsp3) is 0.125. The Labute approximate surface area is 128 Å². The van der Waals surface area contributed by atoms with Crippen molar-refractivity contribution < 1.29 is 4.79 Å². The number of nitrogens with zero attached hydrogens (tertiary/aromatic N) is 1. The minimum atomic E-state index is -0.0964. The van der Waals surface area contributed by atoms with E-state index in [1.165, 1.54) is 11.8 Å². The third kappa shape index (κ3) is 4.96. The van der Waals surface area contributed by atoms with Gasteiger partial charge >= 0.3 is 0 Å². The third-order valence-electron chi connectivity index (χ3n) is 2.70. The standard InChI is InChI=1S/C16H17N3OS/c1-2-14(13-8-4-3-5-9-13)18-19-15(20)12-21-16-10-6-7-11-17-16/h2-11,18H,12H2,1H3,(H,19,20)/b14-2-. The highest BCUT2D eigenvalue weighted by atomic mass is 32.2. The number of pyridine rings is 1. The van der Waals surface area contributed by atoms with Gasteiger partial charge in [0.05, 0.1) is 16.5 Å². The molecule has 0 bridgehead atoms. The predicted molar refractivity (Wildman–Crippen MR) is 86.3 cm³/mol. The van der Waals surface area contributed by atoms with E-state index >= 15 is 0 Å². The molecular weight excluding hydrogens is 282 g/mol. The van der Waals surface area contributed by atoms with Crippen molar-refractivity contribution in [3.05, 3.63) is 66.4 Å². The molecule has 0 radical (unpaired) electrons. The van der Waals surface area contributed by atoms with Crippen LogP contribution in [0.1, 0.15) is 12.5 Å². The lowest BCUT2D eigenvalue weighted by molar-refractivity contribution is -0.119. The zero-order valence-electron chi connectivity index (χ0n) is 11.7. The van der Waals surface area contributed by atoms with E-state index in [1.807, 2.05) is 61.5 Å². The first-order valence-electron chi connectivity index (χ1n) is 6.60. The second-order valence-electron chi connectivity index (χ2n) is 4.20. The molecule has 4 nitrogen and oxygen atoms in total. The molecule has 0 fully saturated rings. The Kier molecular flexibility index (Phi) is 5.84. The van der Waals surface area contributed by atoms with Crippen LogP contribution in [0, 0.1) is 0 Å². The zero-order valence-corrected chi connectivity index (χ0v) is 12.6. The maximum atomic E-state index is 11.8. The van der Waals surface area contributed by atoms with Crippen molar-refractivity contribution >= 4 is 23.4 Å². The first-order chi connectivity index (χ1) is 10.3. The maximum Gasteiger partial charge on any atom is 0.248 e. The Bertz CT molecular complexity index is 599. The SMILES string of the molecule is C/C=C(\NNC(=O)CSc1ccccn1)c1ccccc1. The van der Waals surface area contributed by atoms with E-state index < -0.39 is 0 Å². The molecule has 0 saturated heterocycles. The molecule has 0 spiro atoms. The molecule has 2 rings (SSSR count). The van der Waals surface area contributed by atoms with Gasteiger partial charge in [0.25, 0.3) is 0 Å². The molecule has 0 aliphatic carbocycles. The summed E-state index contributed by atoms with van der Waals surface area (Å²) in [5.41, 5.74) is 7.54. The number of amides is 1. The average Bonchev–Trinajstić information content (AvgIpc) is 2.55. The van der Waals surface area contributed by atoms with Gasteiger partial charge in [0, 0.05) is 6.20 Å². The van der Waals surface area contributed by atoms with Crippen molar-refractivity contribution in [2.75, 3.05) is 5.75 Å². The van der Waals surface area contributed by atoms with Crippen LogP contribution in [0.2, 0.25) is 0 Å². The fourth-order valence-corrected chi connectivity index (χ4v) is 2.34. The molecule has 0 saturated carbocycles. The highest BCUT2D eigenvalue weighted by Crippen LogP contribution is 2.13. The molecular formula is C16H17N3OS. The van der Waals surface area contributed by atoms with Crippen molar-refractivity contribution in [3.8, 4) is 0 Å². The fourth-order valence-electron chi connectivity index (χ4n) is 1.67. The van der Waals surface area contributed by atoms with Crippen molar-refractivity contribution in [1.82, 2.24) is 15.8 Å². The van der Waals surface area contributed by atoms with Gasteiger partial charge in [0.2, 0.25) is 5.91 Å². The van der Waals surface area contributed by atoms with Crippen molar-refractivity contribution in [2.24, 2.45) is 0 Å². The van der Waals surface area contributed by atoms with Gasteiger partial charge in [-0.2, -0.15) is 0 Å². The van der Waals surface area contributed by atoms with Gasteiger partial charge in [-0.15, -0.1) is 0 Å². The Morgan fingerprint density at radius 2 is 1.90 bits per heavy atom. The number of carbonyl (C=O) groups excluding carboxylic acids is 1. The summed E-state index contributed by atoms with van der Waals surface area (Å²) in [6, 6.07) is 15.5. The van der Waals surface area contributed by atoms with Crippen LogP contribution in [0.3, 0.4) is 0 Å². The van der Waals surface area contributed by atoms with E-state index in [9.17, 15) is 4.79 Å². The third-order valence-corrected chi connectivity index (χ3v) is 3.64. The molecule has 5 heteroatoms. The number of aromatic nitrogens is 1. The first-order valence-corrected chi connectivity index (χ1v) is 7.58. The van der Waals surface area contributed by atoms with Crippen LogP contribution in [0.4, 0.5) is 0 Å². The molecule has 2 N–H and O–H groups in total. The van der Waals surface area contributed by atoms with Crippen LogP contribution in [0.5, 0.6) is 0 Å². The molecule has 1 aromatic heterocycles. The molecule has 2 aromatic rings. The van der Waals surface area contributed by atoms with Crippen LogP contribution < -0.4 is 10.9 Å². The average molecular weight is 299 g/mol. The van der Waals surface area contributed by atoms with Gasteiger partial charge in [-0.1, -0.05) is 54.2 Å². The number of nitrogens with one attached hydrogen (secondary N) is 2. The molecule has 21 heavy (non-hydrogen) atoms. The summed E-state index contributed by atoms with van der Waals surface area (Å²) < 4.78 is 0. The molecule has 0 aliphatic rings. The summed E-state index contributed by atoms with van der Waals surface area (Å²) in [6.07, 6.45) is 3.63. The quantitative estimate of drug-likeness (QED) is 0.636. The summed E-state index contributed by atoms with van der Waals surface area (Å²) in [5.74, 6) is 0.219. The molecule has 1 aromatic carbocycles. The smallest absolute Gasteiger partial charge is 0.248 e. The minimum Gasteiger partial charge on any atom is -0.298 e. The van der Waals surface area contributed by atoms with E-state index in [0.29, 0.717) is 5.75 Å². The number of allylic oxidation sites excluding steroid dienone is 1. The monoisotopic (exact) mass is 299 g/mol. The van der Waals surface area contributed by atoms with Gasteiger partial charge in [0.1, 0.15) is 0 Å². The highest BCUT2D eigenvalue weighted by molar-refractivity contribution is 7.99. The van der Waals surface area contributed by atoms with E-state index in [2.05, 4.69) is 15.8 Å². The van der Waals surface area contributed by atoms with Crippen molar-refractivity contribution in [1.29, 1.82) is 0 Å². The van der Waals surface area contributed by atoms with Crippen LogP contribution in [-0.4, -0.2) is 16.6 Å². The van der Waals surface area contributed by atoms with E-state index in [1.54, 1.807) is 6.20 Å². The first kappa shape index (κ1) is 15.1. The zero-order chi connectivity index (χ0) is 14.9. The lowest BCUT2D eigenvalue weighted by Gasteiger charge is -2.12. The topological polar surface area (TPSA) is 54.0 Å². The number of benzene rings is 1. The number of hydrazine groups is 1. The number of thioether (sulfide) groups is 1. The summed E-state index contributed by atoms with van der Waals surface area (Å²) >= 11 is 1.40. The molecule has 0 unspecified atom stereocenters. The number of rotatable bonds is 6. The largest absolute Gasteiger partial charge is 0.298 e. The van der Waals surface area contributed by atoms with Crippen molar-refractivity contribution in [3.63, 3.8) is 0 Å². The Hall–Kier alpha value is -2.27. The van der Waals surface area contributed by atoms with E-state index in [0.717, 1.165) is 16.3 Å². The maximum absolute atomic E-state index is 11.8. The van der Waals surface area contributed by atoms with Gasteiger partial charge in [-0.25, -0.2) is 4.98 Å². The van der Waals surface area contributed by atoms with E-state index in [4.69, 9.17) is 0 Å². The van der Waals surface area contributed by atoms with Gasteiger partial charge in [0.15, 0.2) is 0 Å². The summed E-state index contributed by atoms with van der Waals surface area (Å²) in [4.78, 5) is 16.0. The van der Waals surface area contributed by atoms with Crippen LogP contribution in [0.25, 0.3) is 5.70 Å². The molecule has 1 heterocycles. The second-order valence-corrected chi connectivity index (χ2v) is 5.19. The predicted octanol–water partition coefficient (Wildman–Crippen LogP) is 2.86. The summed E-state index contributed by atoms with van der Waals surface area (Å²) in [7, 11) is 0. The molecule has 108 valence electrons. The Morgan fingerprint density at radius 3 is 2.57 bits per heavy atom. The lowest BCUT2D eigenvalue weighted by atomic mass is 10.1. The van der Waals surface area contributed by atoms with Crippen molar-refractivity contribution in [2.45, 2.75) is 11.9 Å².